The molecular formula is C12H21N3O2. The first-order valence-electron chi connectivity index (χ1n) is 5.64. The quantitative estimate of drug-likeness (QED) is 0.758. The molecule has 3 N–H and O–H groups in total. The van der Waals surface area contributed by atoms with Crippen LogP contribution < -0.4 is 10.6 Å². The third kappa shape index (κ3) is 4.30. The van der Waals surface area contributed by atoms with Gasteiger partial charge in [0.1, 0.15) is 5.82 Å². The van der Waals surface area contributed by atoms with Gasteiger partial charge in [-0.25, -0.2) is 4.98 Å². The molecule has 1 aromatic rings. The van der Waals surface area contributed by atoms with Gasteiger partial charge in [0.15, 0.2) is 0 Å². The predicted octanol–water partition coefficient (Wildman–Crippen LogP) is 0.545. The summed E-state index contributed by atoms with van der Waals surface area (Å²) in [6.07, 6.45) is 1.21. The molecular weight excluding hydrogens is 218 g/mol. The van der Waals surface area contributed by atoms with Crippen LogP contribution in [0.3, 0.4) is 0 Å². The summed E-state index contributed by atoms with van der Waals surface area (Å²) < 4.78 is 4.89. The predicted molar refractivity (Wildman–Crippen MR) is 68.0 cm³/mol. The molecule has 0 aliphatic heterocycles. The highest BCUT2D eigenvalue weighted by Crippen LogP contribution is 2.15. The van der Waals surface area contributed by atoms with E-state index in [0.29, 0.717) is 13.2 Å². The van der Waals surface area contributed by atoms with Gasteiger partial charge in [0.2, 0.25) is 0 Å². The number of nitrogens with two attached hydrogens (primary N) is 1. The number of hydrogen-bond acceptors (Lipinski definition) is 5. The first kappa shape index (κ1) is 13.9. The van der Waals surface area contributed by atoms with Gasteiger partial charge < -0.3 is 20.5 Å². The molecule has 1 heterocycles. The highest BCUT2D eigenvalue weighted by Gasteiger charge is 2.10. The summed E-state index contributed by atoms with van der Waals surface area (Å²) in [6, 6.07) is 3.81. The fourth-order valence-corrected chi connectivity index (χ4v) is 1.58. The maximum Gasteiger partial charge on any atom is 0.128 e. The Morgan fingerprint density at radius 2 is 2.29 bits per heavy atom. The first-order valence-corrected chi connectivity index (χ1v) is 5.64. The van der Waals surface area contributed by atoms with Crippen LogP contribution in [0, 0.1) is 0 Å². The molecule has 0 aliphatic rings. The molecule has 0 aromatic carbocycles. The number of nitrogens with zero attached hydrogens (tertiary/aromatic N) is 2. The van der Waals surface area contributed by atoms with Gasteiger partial charge in [0, 0.05) is 32.9 Å². The Hall–Kier alpha value is -1.17. The molecule has 1 rings (SSSR count). The van der Waals surface area contributed by atoms with Crippen LogP contribution in [0.4, 0.5) is 5.82 Å². The van der Waals surface area contributed by atoms with Crippen molar-refractivity contribution >= 4 is 5.82 Å². The minimum Gasteiger partial charge on any atom is -0.389 e. The third-order valence-electron chi connectivity index (χ3n) is 2.53. The van der Waals surface area contributed by atoms with Gasteiger partial charge in [0.05, 0.1) is 12.7 Å². The van der Waals surface area contributed by atoms with E-state index in [1.165, 1.54) is 0 Å². The molecule has 0 fully saturated rings. The van der Waals surface area contributed by atoms with E-state index in [0.717, 1.165) is 11.4 Å². The normalized spacial score (nSPS) is 14.4. The Balaban J connectivity index is 2.68. The maximum absolute atomic E-state index is 9.64. The van der Waals surface area contributed by atoms with E-state index >= 15 is 0 Å². The highest BCUT2D eigenvalue weighted by molar-refractivity contribution is 5.41. The van der Waals surface area contributed by atoms with Gasteiger partial charge in [0.25, 0.3) is 0 Å². The van der Waals surface area contributed by atoms with E-state index in [4.69, 9.17) is 10.5 Å². The number of methoxy groups -OCH3 is 1. The van der Waals surface area contributed by atoms with Crippen molar-refractivity contribution in [1.29, 1.82) is 0 Å². The van der Waals surface area contributed by atoms with Crippen molar-refractivity contribution < 1.29 is 9.84 Å². The van der Waals surface area contributed by atoms with Gasteiger partial charge in [-0.3, -0.25) is 0 Å². The lowest BCUT2D eigenvalue weighted by Gasteiger charge is -2.22. The molecule has 2 atom stereocenters. The molecule has 96 valence electrons. The topological polar surface area (TPSA) is 71.6 Å². The number of aliphatic hydroxyl groups is 1. The molecule has 17 heavy (non-hydrogen) atoms. The monoisotopic (exact) mass is 239 g/mol. The van der Waals surface area contributed by atoms with Crippen LogP contribution in [-0.4, -0.2) is 43.5 Å². The Labute approximate surface area is 102 Å². The summed E-state index contributed by atoms with van der Waals surface area (Å²) in [7, 11) is 3.45. The Morgan fingerprint density at radius 3 is 2.88 bits per heavy atom. The van der Waals surface area contributed by atoms with E-state index in [1.54, 1.807) is 13.3 Å². The number of rotatable bonds is 6. The van der Waals surface area contributed by atoms with Crippen molar-refractivity contribution in [2.24, 2.45) is 5.73 Å². The first-order chi connectivity index (χ1) is 8.04. The summed E-state index contributed by atoms with van der Waals surface area (Å²) in [5.41, 5.74) is 6.85. The van der Waals surface area contributed by atoms with Gasteiger partial charge in [-0.15, -0.1) is 0 Å². The maximum atomic E-state index is 9.64. The average Bonchev–Trinajstić information content (AvgIpc) is 2.29. The van der Waals surface area contributed by atoms with Crippen LogP contribution in [0.5, 0.6) is 0 Å². The summed E-state index contributed by atoms with van der Waals surface area (Å²) in [5.74, 6) is 0.801. The second kappa shape index (κ2) is 6.54. The summed E-state index contributed by atoms with van der Waals surface area (Å²) in [6.45, 7) is 2.72. The number of aliphatic hydroxyl groups excluding tert-OH is 1. The zero-order valence-corrected chi connectivity index (χ0v) is 10.6. The van der Waals surface area contributed by atoms with Crippen LogP contribution in [0.2, 0.25) is 0 Å². The van der Waals surface area contributed by atoms with E-state index < -0.39 is 6.10 Å². The van der Waals surface area contributed by atoms with Crippen LogP contribution >= 0.6 is 0 Å². The molecule has 0 saturated heterocycles. The number of aromatic nitrogens is 1. The number of anilines is 1. The smallest absolute Gasteiger partial charge is 0.128 e. The minimum atomic E-state index is -0.522. The summed E-state index contributed by atoms with van der Waals surface area (Å²) in [5, 5.41) is 9.64. The Bertz CT molecular complexity index is 344. The average molecular weight is 239 g/mol. The van der Waals surface area contributed by atoms with Crippen LogP contribution in [0.1, 0.15) is 18.5 Å². The van der Waals surface area contributed by atoms with Gasteiger partial charge >= 0.3 is 0 Å². The van der Waals surface area contributed by atoms with Gasteiger partial charge in [-0.2, -0.15) is 0 Å². The van der Waals surface area contributed by atoms with E-state index in [-0.39, 0.29) is 6.04 Å². The summed E-state index contributed by atoms with van der Waals surface area (Å²) >= 11 is 0. The summed E-state index contributed by atoms with van der Waals surface area (Å²) in [4.78, 5) is 6.14. The Morgan fingerprint density at radius 1 is 1.59 bits per heavy atom. The van der Waals surface area contributed by atoms with Gasteiger partial charge in [-0.1, -0.05) is 0 Å². The lowest BCUT2D eigenvalue weighted by atomic mass is 10.1. The largest absolute Gasteiger partial charge is 0.389 e. The molecule has 5 heteroatoms. The molecule has 2 unspecified atom stereocenters. The second-order valence-corrected chi connectivity index (χ2v) is 4.23. The van der Waals surface area contributed by atoms with E-state index in [1.807, 2.05) is 31.0 Å². The lowest BCUT2D eigenvalue weighted by Crippen LogP contribution is -2.32. The lowest BCUT2D eigenvalue weighted by molar-refractivity contribution is 0.0694. The molecule has 1 aromatic heterocycles. The van der Waals surface area contributed by atoms with Crippen molar-refractivity contribution in [1.82, 2.24) is 4.98 Å². The fraction of sp³-hybridized carbons (Fsp3) is 0.583. The number of ether oxygens (including phenoxy) is 1. The number of pyridine rings is 1. The fourth-order valence-electron chi connectivity index (χ4n) is 1.58. The second-order valence-electron chi connectivity index (χ2n) is 4.23. The van der Waals surface area contributed by atoms with Crippen molar-refractivity contribution in [2.45, 2.75) is 19.1 Å². The molecule has 0 spiro atoms. The molecule has 5 nitrogen and oxygen atoms in total. The van der Waals surface area contributed by atoms with E-state index in [2.05, 4.69) is 4.98 Å². The van der Waals surface area contributed by atoms with Crippen molar-refractivity contribution in [3.8, 4) is 0 Å². The third-order valence-corrected chi connectivity index (χ3v) is 2.53. The van der Waals surface area contributed by atoms with Crippen LogP contribution in [0.15, 0.2) is 18.3 Å². The zero-order chi connectivity index (χ0) is 12.8. The van der Waals surface area contributed by atoms with Crippen molar-refractivity contribution in [3.05, 3.63) is 23.9 Å². The van der Waals surface area contributed by atoms with Crippen molar-refractivity contribution in [3.63, 3.8) is 0 Å². The minimum absolute atomic E-state index is 0.0194. The number of likely N-dealkylation sites (N-methyl/N-ethyl adjacent to an activating group) is 1. The molecule has 0 amide bonds. The van der Waals surface area contributed by atoms with Crippen LogP contribution in [-0.2, 0) is 4.74 Å². The standard InChI is InChI=1S/C12H21N3O2/c1-9(13)10-4-5-14-12(6-10)15(2)7-11(16)8-17-3/h4-6,9,11,16H,7-8,13H2,1-3H3. The molecule has 0 aliphatic carbocycles. The van der Waals surface area contributed by atoms with Gasteiger partial charge in [-0.05, 0) is 24.6 Å². The van der Waals surface area contributed by atoms with Crippen LogP contribution in [0.25, 0.3) is 0 Å². The Kier molecular flexibility index (Phi) is 5.34. The van der Waals surface area contributed by atoms with E-state index in [9.17, 15) is 5.11 Å². The highest BCUT2D eigenvalue weighted by atomic mass is 16.5. The SMILES string of the molecule is COCC(O)CN(C)c1cc(C(C)N)ccn1. The molecule has 0 radical (unpaired) electrons. The number of hydrogen-bond donors (Lipinski definition) is 2. The zero-order valence-electron chi connectivity index (χ0n) is 10.6. The molecule has 0 saturated carbocycles. The van der Waals surface area contributed by atoms with Crippen molar-refractivity contribution in [2.75, 3.05) is 32.2 Å². The molecule has 0 bridgehead atoms.